The summed E-state index contributed by atoms with van der Waals surface area (Å²) >= 11 is 4.25. The molecule has 0 unspecified atom stereocenters. The number of thiol groups is 1. The van der Waals surface area contributed by atoms with Gasteiger partial charge in [-0.2, -0.15) is 0 Å². The summed E-state index contributed by atoms with van der Waals surface area (Å²) < 4.78 is 0. The van der Waals surface area contributed by atoms with E-state index in [9.17, 15) is 0 Å². The number of rotatable bonds is 0. The maximum atomic E-state index is 4.25. The second-order valence-electron chi connectivity index (χ2n) is 2.53. The van der Waals surface area contributed by atoms with Crippen LogP contribution in [0.25, 0.3) is 11.1 Å². The van der Waals surface area contributed by atoms with Crippen LogP contribution in [0.15, 0.2) is 47.4 Å². The molecule has 0 saturated carbocycles. The Labute approximate surface area is 71.6 Å². The second kappa shape index (κ2) is 2.59. The fraction of sp³-hybridized carbons (Fsp3) is 0. The smallest absolute Gasteiger partial charge is 0.00404 e. The molecule has 0 bridgehead atoms. The molecular formula is C10H8S. The zero-order chi connectivity index (χ0) is 7.68. The second-order valence-corrected chi connectivity index (χ2v) is 3.04. The van der Waals surface area contributed by atoms with Gasteiger partial charge in [-0.15, -0.1) is 12.6 Å². The number of hydrogen-bond donors (Lipinski definition) is 1. The minimum Gasteiger partial charge on any atom is -0.143 e. The van der Waals surface area contributed by atoms with Gasteiger partial charge in [-0.05, 0) is 23.3 Å². The molecule has 0 atom stereocenters. The van der Waals surface area contributed by atoms with E-state index >= 15 is 0 Å². The predicted octanol–water partition coefficient (Wildman–Crippen LogP) is 3.08. The molecule has 0 nitrogen and oxygen atoms in total. The van der Waals surface area contributed by atoms with Crippen molar-refractivity contribution < 1.29 is 0 Å². The van der Waals surface area contributed by atoms with Gasteiger partial charge in [0.1, 0.15) is 0 Å². The van der Waals surface area contributed by atoms with Gasteiger partial charge in [-0.1, -0.05) is 30.3 Å². The van der Waals surface area contributed by atoms with Crippen LogP contribution in [0.1, 0.15) is 0 Å². The van der Waals surface area contributed by atoms with E-state index in [1.807, 2.05) is 12.1 Å². The van der Waals surface area contributed by atoms with Crippen LogP contribution in [0.3, 0.4) is 0 Å². The molecule has 54 valence electrons. The Morgan fingerprint density at radius 2 is 1.27 bits per heavy atom. The molecule has 0 radical (unpaired) electrons. The Bertz CT molecular complexity index is 310. The Morgan fingerprint density at radius 1 is 0.727 bits per heavy atom. The van der Waals surface area contributed by atoms with Crippen LogP contribution in [-0.2, 0) is 0 Å². The fourth-order valence-corrected chi connectivity index (χ4v) is 1.31. The summed E-state index contributed by atoms with van der Waals surface area (Å²) in [7, 11) is 0. The van der Waals surface area contributed by atoms with E-state index in [4.69, 9.17) is 0 Å². The minimum atomic E-state index is 1.00. The lowest BCUT2D eigenvalue weighted by Gasteiger charge is -1.85. The lowest BCUT2D eigenvalue weighted by Crippen LogP contribution is -1.59. The highest BCUT2D eigenvalue weighted by atomic mass is 32.1. The SMILES string of the molecule is Sc1ccc2cccc-2cc1. The molecule has 0 aromatic carbocycles. The Kier molecular flexibility index (Phi) is 1.59. The molecule has 0 spiro atoms. The molecule has 0 heterocycles. The molecule has 0 N–H and O–H groups in total. The quantitative estimate of drug-likeness (QED) is 0.562. The van der Waals surface area contributed by atoms with Gasteiger partial charge < -0.3 is 0 Å². The Hall–Kier alpha value is -0.950. The topological polar surface area (TPSA) is 0 Å². The number of hydrogen-bond acceptors (Lipinski definition) is 1. The van der Waals surface area contributed by atoms with E-state index in [1.165, 1.54) is 11.1 Å². The summed E-state index contributed by atoms with van der Waals surface area (Å²) in [6, 6.07) is 14.4. The van der Waals surface area contributed by atoms with Gasteiger partial charge in [0.25, 0.3) is 0 Å². The van der Waals surface area contributed by atoms with E-state index in [-0.39, 0.29) is 0 Å². The van der Waals surface area contributed by atoms with E-state index in [0.29, 0.717) is 0 Å². The van der Waals surface area contributed by atoms with Crippen molar-refractivity contribution in [3.8, 4) is 11.1 Å². The summed E-state index contributed by atoms with van der Waals surface area (Å²) in [6.45, 7) is 0. The molecule has 2 rings (SSSR count). The first-order chi connectivity index (χ1) is 5.36. The van der Waals surface area contributed by atoms with Crippen LogP contribution in [0.2, 0.25) is 0 Å². The third kappa shape index (κ3) is 1.24. The van der Waals surface area contributed by atoms with Gasteiger partial charge >= 0.3 is 0 Å². The third-order valence-corrected chi connectivity index (χ3v) is 2.05. The van der Waals surface area contributed by atoms with Crippen LogP contribution < -0.4 is 0 Å². The maximum Gasteiger partial charge on any atom is 0.00404 e. The van der Waals surface area contributed by atoms with Crippen LogP contribution in [-0.4, -0.2) is 0 Å². The highest BCUT2D eigenvalue weighted by Crippen LogP contribution is 2.22. The van der Waals surface area contributed by atoms with E-state index in [2.05, 4.69) is 43.0 Å². The van der Waals surface area contributed by atoms with E-state index < -0.39 is 0 Å². The zero-order valence-electron chi connectivity index (χ0n) is 5.99. The average Bonchev–Trinajstić information content (AvgIpc) is 2.38. The lowest BCUT2D eigenvalue weighted by atomic mass is 10.2. The molecule has 2 aliphatic carbocycles. The van der Waals surface area contributed by atoms with Crippen molar-refractivity contribution in [2.45, 2.75) is 4.90 Å². The first kappa shape index (κ1) is 6.74. The van der Waals surface area contributed by atoms with Gasteiger partial charge in [0.05, 0.1) is 0 Å². The van der Waals surface area contributed by atoms with Crippen LogP contribution in [0.5, 0.6) is 0 Å². The van der Waals surface area contributed by atoms with Crippen LogP contribution in [0.4, 0.5) is 0 Å². The van der Waals surface area contributed by atoms with Crippen LogP contribution in [0, 0.1) is 0 Å². The molecule has 0 saturated heterocycles. The first-order valence-electron chi connectivity index (χ1n) is 3.54. The highest BCUT2D eigenvalue weighted by molar-refractivity contribution is 7.80. The molecule has 2 aliphatic rings. The van der Waals surface area contributed by atoms with Gasteiger partial charge in [-0.25, -0.2) is 0 Å². The highest BCUT2D eigenvalue weighted by Gasteiger charge is 1.96. The monoisotopic (exact) mass is 160 g/mol. The van der Waals surface area contributed by atoms with Gasteiger partial charge in [0.2, 0.25) is 0 Å². The van der Waals surface area contributed by atoms with Crippen molar-refractivity contribution in [3.63, 3.8) is 0 Å². The summed E-state index contributed by atoms with van der Waals surface area (Å²) in [4.78, 5) is 1.00. The first-order valence-corrected chi connectivity index (χ1v) is 3.99. The largest absolute Gasteiger partial charge is 0.143 e. The minimum absolute atomic E-state index is 1.00. The predicted molar refractivity (Wildman–Crippen MR) is 50.3 cm³/mol. The van der Waals surface area contributed by atoms with Gasteiger partial charge in [0.15, 0.2) is 0 Å². The van der Waals surface area contributed by atoms with Crippen molar-refractivity contribution in [1.29, 1.82) is 0 Å². The average molecular weight is 160 g/mol. The standard InChI is InChI=1S/C10H8S/c11-10-6-4-8-2-1-3-9(8)5-7-10/h1-7,11H. The lowest BCUT2D eigenvalue weighted by molar-refractivity contribution is 1.54. The summed E-state index contributed by atoms with van der Waals surface area (Å²) in [5, 5.41) is 0. The van der Waals surface area contributed by atoms with Gasteiger partial charge in [-0.3, -0.25) is 0 Å². The van der Waals surface area contributed by atoms with E-state index in [0.717, 1.165) is 4.90 Å². The fourth-order valence-electron chi connectivity index (χ4n) is 1.16. The zero-order valence-corrected chi connectivity index (χ0v) is 6.88. The van der Waals surface area contributed by atoms with Gasteiger partial charge in [0, 0.05) is 4.90 Å². The molecule has 0 aromatic rings. The summed E-state index contributed by atoms with van der Waals surface area (Å²) in [6.07, 6.45) is 0. The Morgan fingerprint density at radius 3 is 1.82 bits per heavy atom. The molecule has 0 aromatic heterocycles. The maximum absolute atomic E-state index is 4.25. The van der Waals surface area contributed by atoms with Crippen molar-refractivity contribution in [3.05, 3.63) is 42.5 Å². The van der Waals surface area contributed by atoms with E-state index in [1.54, 1.807) is 0 Å². The Balaban J connectivity index is 2.71. The summed E-state index contributed by atoms with van der Waals surface area (Å²) in [5.74, 6) is 0. The van der Waals surface area contributed by atoms with Crippen molar-refractivity contribution in [2.24, 2.45) is 0 Å². The van der Waals surface area contributed by atoms with Crippen LogP contribution >= 0.6 is 12.6 Å². The molecular weight excluding hydrogens is 152 g/mol. The van der Waals surface area contributed by atoms with Crippen molar-refractivity contribution in [1.82, 2.24) is 0 Å². The van der Waals surface area contributed by atoms with Crippen molar-refractivity contribution >= 4 is 12.6 Å². The molecule has 11 heavy (non-hydrogen) atoms. The normalized spacial score (nSPS) is 10.3. The molecule has 1 heteroatoms. The molecule has 0 amide bonds. The molecule has 0 fully saturated rings. The third-order valence-electron chi connectivity index (χ3n) is 1.75. The van der Waals surface area contributed by atoms with Crippen molar-refractivity contribution in [2.75, 3.05) is 0 Å². The molecule has 0 aliphatic heterocycles. The number of fused-ring (bicyclic) bond motifs is 1. The summed E-state index contributed by atoms with van der Waals surface area (Å²) in [5.41, 5.74) is 2.54.